The molecule has 5 nitrogen and oxygen atoms in total. The van der Waals surface area contributed by atoms with E-state index in [0.717, 1.165) is 12.1 Å². The molecular weight excluding hydrogens is 474 g/mol. The van der Waals surface area contributed by atoms with Crippen molar-refractivity contribution in [2.75, 3.05) is 7.11 Å². The number of ether oxygens (including phenoxy) is 2. The first-order valence-corrected chi connectivity index (χ1v) is 10.4. The third-order valence-electron chi connectivity index (χ3n) is 5.11. The van der Waals surface area contributed by atoms with Crippen LogP contribution in [0.2, 0.25) is 5.15 Å². The van der Waals surface area contributed by atoms with Crippen molar-refractivity contribution in [1.29, 1.82) is 0 Å². The highest BCUT2D eigenvalue weighted by molar-refractivity contribution is 6.32. The van der Waals surface area contributed by atoms with Crippen molar-refractivity contribution < 1.29 is 27.0 Å². The van der Waals surface area contributed by atoms with E-state index in [9.17, 15) is 17.6 Å². The number of hydrogen-bond acceptors (Lipinski definition) is 4. The molecule has 1 N–H and O–H groups in total. The van der Waals surface area contributed by atoms with Crippen LogP contribution in [0.4, 0.5) is 17.6 Å². The molecule has 0 amide bonds. The van der Waals surface area contributed by atoms with E-state index in [1.807, 2.05) is 0 Å². The third-order valence-corrected chi connectivity index (χ3v) is 5.38. The SMILES string of the molecule is COc1cc(O[C@@H](C)c2ccc(C(F)(F)F)cc2)ccc1-c1nc(-c2ccc(F)nc2)[nH]c1Cl. The number of halogens is 5. The highest BCUT2D eigenvalue weighted by Crippen LogP contribution is 2.38. The second-order valence-electron chi connectivity index (χ2n) is 7.36. The van der Waals surface area contributed by atoms with Gasteiger partial charge in [-0.1, -0.05) is 23.7 Å². The summed E-state index contributed by atoms with van der Waals surface area (Å²) >= 11 is 6.36. The predicted octanol–water partition coefficient (Wildman–Crippen LogP) is 7.10. The number of aromatic nitrogens is 3. The zero-order chi connectivity index (χ0) is 24.5. The van der Waals surface area contributed by atoms with Crippen LogP contribution in [0, 0.1) is 5.95 Å². The monoisotopic (exact) mass is 491 g/mol. The van der Waals surface area contributed by atoms with Gasteiger partial charge in [0, 0.05) is 23.4 Å². The van der Waals surface area contributed by atoms with Crippen LogP contribution >= 0.6 is 11.6 Å². The second kappa shape index (κ2) is 9.34. The van der Waals surface area contributed by atoms with E-state index in [0.29, 0.717) is 39.7 Å². The molecule has 0 spiro atoms. The third kappa shape index (κ3) is 4.99. The Kier molecular flexibility index (Phi) is 6.47. The average molecular weight is 492 g/mol. The van der Waals surface area contributed by atoms with Gasteiger partial charge in [0.05, 0.1) is 12.7 Å². The van der Waals surface area contributed by atoms with E-state index in [1.54, 1.807) is 25.1 Å². The van der Waals surface area contributed by atoms with Crippen molar-refractivity contribution >= 4 is 11.6 Å². The molecular formula is C24H18ClF4N3O2. The van der Waals surface area contributed by atoms with Gasteiger partial charge in [-0.2, -0.15) is 17.6 Å². The summed E-state index contributed by atoms with van der Waals surface area (Å²) in [5, 5.41) is 0.254. The van der Waals surface area contributed by atoms with Crippen LogP contribution in [-0.4, -0.2) is 22.1 Å². The molecule has 2 heterocycles. The molecule has 0 bridgehead atoms. The first-order valence-electron chi connectivity index (χ1n) is 10.1. The molecule has 0 saturated carbocycles. The van der Waals surface area contributed by atoms with Gasteiger partial charge in [0.15, 0.2) is 0 Å². The summed E-state index contributed by atoms with van der Waals surface area (Å²) in [6.45, 7) is 1.73. The minimum absolute atomic E-state index is 0.254. The Morgan fingerprint density at radius 3 is 2.38 bits per heavy atom. The van der Waals surface area contributed by atoms with Gasteiger partial charge in [-0.3, -0.25) is 0 Å². The van der Waals surface area contributed by atoms with E-state index in [2.05, 4.69) is 15.0 Å². The fourth-order valence-electron chi connectivity index (χ4n) is 3.34. The van der Waals surface area contributed by atoms with E-state index in [-0.39, 0.29) is 5.15 Å². The summed E-state index contributed by atoms with van der Waals surface area (Å²) in [4.78, 5) is 11.0. The Balaban J connectivity index is 1.57. The summed E-state index contributed by atoms with van der Waals surface area (Å²) < 4.78 is 62.9. The van der Waals surface area contributed by atoms with Gasteiger partial charge in [-0.15, -0.1) is 0 Å². The van der Waals surface area contributed by atoms with E-state index in [4.69, 9.17) is 21.1 Å². The highest BCUT2D eigenvalue weighted by Gasteiger charge is 2.30. The van der Waals surface area contributed by atoms with Crippen LogP contribution in [0.25, 0.3) is 22.6 Å². The Morgan fingerprint density at radius 1 is 1.03 bits per heavy atom. The highest BCUT2D eigenvalue weighted by atomic mass is 35.5. The van der Waals surface area contributed by atoms with Crippen molar-refractivity contribution in [3.05, 3.63) is 83.0 Å². The minimum atomic E-state index is -4.40. The Labute approximate surface area is 197 Å². The summed E-state index contributed by atoms with van der Waals surface area (Å²) in [6.07, 6.45) is -3.57. The van der Waals surface area contributed by atoms with E-state index in [1.165, 1.54) is 37.6 Å². The predicted molar refractivity (Wildman–Crippen MR) is 119 cm³/mol. The maximum atomic E-state index is 13.1. The molecule has 34 heavy (non-hydrogen) atoms. The van der Waals surface area contributed by atoms with Crippen LogP contribution in [0.1, 0.15) is 24.2 Å². The molecule has 10 heteroatoms. The average Bonchev–Trinajstić information content (AvgIpc) is 3.20. The number of rotatable bonds is 6. The number of nitrogens with one attached hydrogen (secondary N) is 1. The van der Waals surface area contributed by atoms with Gasteiger partial charge in [0.2, 0.25) is 5.95 Å². The molecule has 0 aliphatic rings. The van der Waals surface area contributed by atoms with E-state index >= 15 is 0 Å². The number of nitrogens with zero attached hydrogens (tertiary/aromatic N) is 2. The van der Waals surface area contributed by atoms with Gasteiger partial charge in [0.25, 0.3) is 0 Å². The van der Waals surface area contributed by atoms with Gasteiger partial charge >= 0.3 is 6.18 Å². The molecule has 0 aliphatic carbocycles. The van der Waals surface area contributed by atoms with Crippen LogP contribution in [-0.2, 0) is 6.18 Å². The topological polar surface area (TPSA) is 60.0 Å². The molecule has 0 saturated heterocycles. The van der Waals surface area contributed by atoms with Crippen molar-refractivity contribution in [3.63, 3.8) is 0 Å². The number of aromatic amines is 1. The van der Waals surface area contributed by atoms with Gasteiger partial charge in [0.1, 0.15) is 34.3 Å². The van der Waals surface area contributed by atoms with Gasteiger partial charge in [-0.05, 0) is 48.9 Å². The molecule has 4 rings (SSSR count). The van der Waals surface area contributed by atoms with Gasteiger partial charge in [-0.25, -0.2) is 9.97 Å². The smallest absolute Gasteiger partial charge is 0.416 e. The maximum absolute atomic E-state index is 13.1. The van der Waals surface area contributed by atoms with Crippen molar-refractivity contribution in [1.82, 2.24) is 15.0 Å². The number of alkyl halides is 3. The number of H-pyrrole nitrogens is 1. The molecule has 0 fully saturated rings. The lowest BCUT2D eigenvalue weighted by molar-refractivity contribution is -0.137. The molecule has 0 radical (unpaired) electrons. The first-order chi connectivity index (χ1) is 16.2. The van der Waals surface area contributed by atoms with Crippen molar-refractivity contribution in [3.8, 4) is 34.1 Å². The zero-order valence-corrected chi connectivity index (χ0v) is 18.7. The van der Waals surface area contributed by atoms with Crippen LogP contribution < -0.4 is 9.47 Å². The molecule has 0 aliphatic heterocycles. The van der Waals surface area contributed by atoms with Crippen LogP contribution in [0.5, 0.6) is 11.5 Å². The Bertz CT molecular complexity index is 1290. The largest absolute Gasteiger partial charge is 0.496 e. The fourth-order valence-corrected chi connectivity index (χ4v) is 3.57. The molecule has 0 unspecified atom stereocenters. The lowest BCUT2D eigenvalue weighted by Gasteiger charge is -2.17. The lowest BCUT2D eigenvalue weighted by atomic mass is 10.1. The molecule has 176 valence electrons. The number of methoxy groups -OCH3 is 1. The lowest BCUT2D eigenvalue weighted by Crippen LogP contribution is -2.07. The van der Waals surface area contributed by atoms with Crippen LogP contribution in [0.3, 0.4) is 0 Å². The summed E-state index contributed by atoms with van der Waals surface area (Å²) in [5.41, 5.74) is 1.42. The first kappa shape index (κ1) is 23.6. The standard InChI is InChI=1S/C24H18ClF4N3O2/c1-13(14-3-6-16(7-4-14)24(27,28)29)34-17-8-9-18(19(11-17)33-2)21-22(25)32-23(31-21)15-5-10-20(26)30-12-15/h3-13H,1-2H3,(H,31,32)/t13-/m0/s1. The number of imidazole rings is 1. The van der Waals surface area contributed by atoms with Crippen molar-refractivity contribution in [2.45, 2.75) is 19.2 Å². The molecule has 2 aromatic heterocycles. The molecule has 1 atom stereocenters. The number of hydrogen-bond donors (Lipinski definition) is 1. The Morgan fingerprint density at radius 2 is 1.76 bits per heavy atom. The molecule has 4 aromatic rings. The van der Waals surface area contributed by atoms with E-state index < -0.39 is 23.8 Å². The summed E-state index contributed by atoms with van der Waals surface area (Å²) in [6, 6.07) is 12.6. The second-order valence-corrected chi connectivity index (χ2v) is 7.74. The number of benzene rings is 2. The Hall–Kier alpha value is -3.59. The molecule has 2 aromatic carbocycles. The quantitative estimate of drug-likeness (QED) is 0.231. The minimum Gasteiger partial charge on any atom is -0.496 e. The maximum Gasteiger partial charge on any atom is 0.416 e. The van der Waals surface area contributed by atoms with Crippen molar-refractivity contribution in [2.24, 2.45) is 0 Å². The number of pyridine rings is 1. The van der Waals surface area contributed by atoms with Gasteiger partial charge < -0.3 is 14.5 Å². The normalized spacial score (nSPS) is 12.4. The fraction of sp³-hybridized carbons (Fsp3) is 0.167. The zero-order valence-electron chi connectivity index (χ0n) is 18.0. The summed E-state index contributed by atoms with van der Waals surface area (Å²) in [5.74, 6) is 0.673. The summed E-state index contributed by atoms with van der Waals surface area (Å²) in [7, 11) is 1.48. The van der Waals surface area contributed by atoms with Crippen LogP contribution in [0.15, 0.2) is 60.8 Å².